The van der Waals surface area contributed by atoms with Crippen molar-refractivity contribution in [2.45, 2.75) is 6.42 Å². The van der Waals surface area contributed by atoms with Crippen molar-refractivity contribution in [2.24, 2.45) is 0 Å². The van der Waals surface area contributed by atoms with Crippen LogP contribution in [-0.4, -0.2) is 10.8 Å². The molecule has 1 aromatic carbocycles. The number of hydrogen-bond acceptors (Lipinski definition) is 3. The van der Waals surface area contributed by atoms with Gasteiger partial charge in [0, 0.05) is 28.8 Å². The van der Waals surface area contributed by atoms with Crippen LogP contribution in [-0.2, 0) is 6.42 Å². The standard InChI is InChI=1S/C13H11ClN2O/c14-11-5-3-9(4-6-11)12(17)8-10-2-1-7-16-13(10)15/h1-7H,8H2,(H2,15,16). The molecule has 0 radical (unpaired) electrons. The van der Waals surface area contributed by atoms with Crippen LogP contribution < -0.4 is 5.73 Å². The summed E-state index contributed by atoms with van der Waals surface area (Å²) in [5.41, 5.74) is 7.05. The Morgan fingerprint density at radius 3 is 2.59 bits per heavy atom. The molecule has 0 aliphatic rings. The fourth-order valence-corrected chi connectivity index (χ4v) is 1.64. The zero-order chi connectivity index (χ0) is 12.3. The lowest BCUT2D eigenvalue weighted by Crippen LogP contribution is -2.06. The van der Waals surface area contributed by atoms with Crippen LogP contribution in [0.25, 0.3) is 0 Å². The fraction of sp³-hybridized carbons (Fsp3) is 0.0769. The van der Waals surface area contributed by atoms with Crippen molar-refractivity contribution in [1.29, 1.82) is 0 Å². The van der Waals surface area contributed by atoms with E-state index in [1.807, 2.05) is 0 Å². The molecule has 0 atom stereocenters. The summed E-state index contributed by atoms with van der Waals surface area (Å²) in [6.45, 7) is 0. The molecule has 0 saturated carbocycles. The third-order valence-corrected chi connectivity index (χ3v) is 2.70. The number of rotatable bonds is 3. The number of carbonyl (C=O) groups excluding carboxylic acids is 1. The van der Waals surface area contributed by atoms with Gasteiger partial charge < -0.3 is 5.73 Å². The molecular formula is C13H11ClN2O. The average Bonchev–Trinajstić information content (AvgIpc) is 2.33. The van der Waals surface area contributed by atoms with E-state index < -0.39 is 0 Å². The van der Waals surface area contributed by atoms with E-state index in [4.69, 9.17) is 17.3 Å². The molecule has 3 nitrogen and oxygen atoms in total. The van der Waals surface area contributed by atoms with Gasteiger partial charge in [-0.3, -0.25) is 4.79 Å². The maximum atomic E-state index is 12.0. The number of Topliss-reactive ketones (excluding diaryl/α,β-unsaturated/α-hetero) is 1. The van der Waals surface area contributed by atoms with Crippen LogP contribution in [0.3, 0.4) is 0 Å². The first kappa shape index (κ1) is 11.6. The van der Waals surface area contributed by atoms with Crippen molar-refractivity contribution in [1.82, 2.24) is 4.98 Å². The maximum Gasteiger partial charge on any atom is 0.167 e. The largest absolute Gasteiger partial charge is 0.383 e. The van der Waals surface area contributed by atoms with Gasteiger partial charge in [-0.2, -0.15) is 0 Å². The van der Waals surface area contributed by atoms with Gasteiger partial charge in [0.25, 0.3) is 0 Å². The highest BCUT2D eigenvalue weighted by Crippen LogP contribution is 2.14. The second kappa shape index (κ2) is 4.97. The van der Waals surface area contributed by atoms with Gasteiger partial charge in [0.15, 0.2) is 5.78 Å². The van der Waals surface area contributed by atoms with Gasteiger partial charge in [0.1, 0.15) is 5.82 Å². The molecule has 2 aromatic rings. The molecule has 4 heteroatoms. The Morgan fingerprint density at radius 1 is 1.24 bits per heavy atom. The quantitative estimate of drug-likeness (QED) is 0.848. The lowest BCUT2D eigenvalue weighted by Gasteiger charge is -2.03. The summed E-state index contributed by atoms with van der Waals surface area (Å²) >= 11 is 5.76. The summed E-state index contributed by atoms with van der Waals surface area (Å²) in [5, 5.41) is 0.613. The number of anilines is 1. The fourth-order valence-electron chi connectivity index (χ4n) is 1.51. The Balaban J connectivity index is 2.17. The highest BCUT2D eigenvalue weighted by Gasteiger charge is 2.09. The minimum Gasteiger partial charge on any atom is -0.383 e. The van der Waals surface area contributed by atoms with E-state index in [2.05, 4.69) is 4.98 Å². The molecule has 0 spiro atoms. The Morgan fingerprint density at radius 2 is 1.94 bits per heavy atom. The van der Waals surface area contributed by atoms with Gasteiger partial charge in [-0.1, -0.05) is 17.7 Å². The predicted octanol–water partition coefficient (Wildman–Crippen LogP) is 2.74. The van der Waals surface area contributed by atoms with Crippen molar-refractivity contribution in [3.63, 3.8) is 0 Å². The molecule has 1 aromatic heterocycles. The topological polar surface area (TPSA) is 56.0 Å². The molecule has 1 heterocycles. The Labute approximate surface area is 104 Å². The first-order chi connectivity index (χ1) is 8.16. The molecule has 86 valence electrons. The van der Waals surface area contributed by atoms with Gasteiger partial charge in [-0.15, -0.1) is 0 Å². The highest BCUT2D eigenvalue weighted by molar-refractivity contribution is 6.30. The zero-order valence-corrected chi connectivity index (χ0v) is 9.82. The number of nitrogens with two attached hydrogens (primary N) is 1. The van der Waals surface area contributed by atoms with Crippen molar-refractivity contribution >= 4 is 23.2 Å². The van der Waals surface area contributed by atoms with Gasteiger partial charge in [-0.05, 0) is 30.3 Å². The van der Waals surface area contributed by atoms with Crippen LogP contribution in [0.4, 0.5) is 5.82 Å². The van der Waals surface area contributed by atoms with Gasteiger partial charge in [-0.25, -0.2) is 4.98 Å². The summed E-state index contributed by atoms with van der Waals surface area (Å²) in [7, 11) is 0. The molecule has 0 fully saturated rings. The second-order valence-corrected chi connectivity index (χ2v) is 4.09. The van der Waals surface area contributed by atoms with E-state index in [1.165, 1.54) is 0 Å². The summed E-state index contributed by atoms with van der Waals surface area (Å²) in [5.74, 6) is 0.399. The Bertz CT molecular complexity index is 537. The summed E-state index contributed by atoms with van der Waals surface area (Å²) in [4.78, 5) is 15.9. The van der Waals surface area contributed by atoms with Crippen LogP contribution in [0.2, 0.25) is 5.02 Å². The number of halogens is 1. The first-order valence-electron chi connectivity index (χ1n) is 5.15. The number of carbonyl (C=O) groups is 1. The first-order valence-corrected chi connectivity index (χ1v) is 5.53. The zero-order valence-electron chi connectivity index (χ0n) is 9.06. The smallest absolute Gasteiger partial charge is 0.167 e. The molecule has 0 amide bonds. The van der Waals surface area contributed by atoms with Crippen LogP contribution in [0.5, 0.6) is 0 Å². The third kappa shape index (κ3) is 2.82. The van der Waals surface area contributed by atoms with E-state index in [-0.39, 0.29) is 12.2 Å². The van der Waals surface area contributed by atoms with Crippen LogP contribution in [0, 0.1) is 0 Å². The molecule has 0 unspecified atom stereocenters. The van der Waals surface area contributed by atoms with E-state index in [0.29, 0.717) is 16.4 Å². The molecule has 0 aliphatic heterocycles. The molecule has 0 saturated heterocycles. The van der Waals surface area contributed by atoms with Gasteiger partial charge >= 0.3 is 0 Å². The molecule has 0 bridgehead atoms. The Kier molecular flexibility index (Phi) is 3.40. The number of aromatic nitrogens is 1. The summed E-state index contributed by atoms with van der Waals surface area (Å²) in [6, 6.07) is 10.4. The maximum absolute atomic E-state index is 12.0. The van der Waals surface area contributed by atoms with Crippen LogP contribution in [0.1, 0.15) is 15.9 Å². The molecule has 2 N–H and O–H groups in total. The van der Waals surface area contributed by atoms with Crippen LogP contribution in [0.15, 0.2) is 42.6 Å². The average molecular weight is 247 g/mol. The van der Waals surface area contributed by atoms with Crippen molar-refractivity contribution in [2.75, 3.05) is 5.73 Å². The van der Waals surface area contributed by atoms with E-state index in [9.17, 15) is 4.79 Å². The predicted molar refractivity (Wildman–Crippen MR) is 68.1 cm³/mol. The van der Waals surface area contributed by atoms with Crippen LogP contribution >= 0.6 is 11.6 Å². The Hall–Kier alpha value is -1.87. The third-order valence-electron chi connectivity index (χ3n) is 2.44. The second-order valence-electron chi connectivity index (χ2n) is 3.65. The number of benzene rings is 1. The highest BCUT2D eigenvalue weighted by atomic mass is 35.5. The number of hydrogen-bond donors (Lipinski definition) is 1. The number of nitrogens with zero attached hydrogens (tertiary/aromatic N) is 1. The molecule has 0 aliphatic carbocycles. The lowest BCUT2D eigenvalue weighted by molar-refractivity contribution is 0.0993. The summed E-state index contributed by atoms with van der Waals surface area (Å²) < 4.78 is 0. The van der Waals surface area contributed by atoms with Crippen molar-refractivity contribution in [3.8, 4) is 0 Å². The van der Waals surface area contributed by atoms with Gasteiger partial charge in [0.2, 0.25) is 0 Å². The minimum absolute atomic E-state index is 0.00127. The monoisotopic (exact) mass is 246 g/mol. The number of nitrogen functional groups attached to an aromatic ring is 1. The molecular weight excluding hydrogens is 236 g/mol. The molecule has 2 rings (SSSR count). The SMILES string of the molecule is Nc1ncccc1CC(=O)c1ccc(Cl)cc1. The van der Waals surface area contributed by atoms with E-state index in [1.54, 1.807) is 42.6 Å². The number of pyridine rings is 1. The van der Waals surface area contributed by atoms with Gasteiger partial charge in [0.05, 0.1) is 0 Å². The summed E-state index contributed by atoms with van der Waals surface area (Å²) in [6.07, 6.45) is 1.85. The lowest BCUT2D eigenvalue weighted by atomic mass is 10.0. The normalized spacial score (nSPS) is 10.2. The number of ketones is 1. The van der Waals surface area contributed by atoms with E-state index >= 15 is 0 Å². The van der Waals surface area contributed by atoms with Crippen molar-refractivity contribution < 1.29 is 4.79 Å². The molecule has 17 heavy (non-hydrogen) atoms. The van der Waals surface area contributed by atoms with Crippen molar-refractivity contribution in [3.05, 3.63) is 58.7 Å². The minimum atomic E-state index is 0.00127. The van der Waals surface area contributed by atoms with E-state index in [0.717, 1.165) is 5.56 Å².